The normalized spacial score (nSPS) is 11.1. The maximum atomic E-state index is 12.1. The second-order valence-electron chi connectivity index (χ2n) is 4.58. The molecule has 0 saturated heterocycles. The van der Waals surface area contributed by atoms with Crippen LogP contribution in [-0.4, -0.2) is 26.3 Å². The zero-order valence-electron chi connectivity index (χ0n) is 12.0. The smallest absolute Gasteiger partial charge is 0.406 e. The summed E-state index contributed by atoms with van der Waals surface area (Å²) in [6, 6.07) is 6.97. The highest BCUT2D eigenvalue weighted by Gasteiger charge is 2.30. The van der Waals surface area contributed by atoms with E-state index in [9.17, 15) is 13.2 Å². The zero-order chi connectivity index (χ0) is 17.0. The number of aromatic nitrogens is 4. The van der Waals surface area contributed by atoms with Gasteiger partial charge in [0.15, 0.2) is 0 Å². The van der Waals surface area contributed by atoms with E-state index in [0.717, 1.165) is 0 Å². The maximum absolute atomic E-state index is 12.1. The summed E-state index contributed by atoms with van der Waals surface area (Å²) in [5, 5.41) is 2.97. The van der Waals surface area contributed by atoms with Crippen molar-refractivity contribution in [1.82, 2.24) is 19.9 Å². The summed E-state index contributed by atoms with van der Waals surface area (Å²) in [6.45, 7) is 0. The molecule has 0 radical (unpaired) electrons. The van der Waals surface area contributed by atoms with Crippen LogP contribution in [0.15, 0.2) is 55.2 Å². The van der Waals surface area contributed by atoms with E-state index in [-0.39, 0.29) is 5.75 Å². The lowest BCUT2D eigenvalue weighted by atomic mass is 10.3. The van der Waals surface area contributed by atoms with Crippen LogP contribution in [0.4, 0.5) is 24.7 Å². The molecular formula is C15H10F3N5O. The first-order valence-corrected chi connectivity index (χ1v) is 6.71. The summed E-state index contributed by atoms with van der Waals surface area (Å²) in [5.41, 5.74) is 1.70. The predicted molar refractivity (Wildman–Crippen MR) is 79.5 cm³/mol. The highest BCUT2D eigenvalue weighted by atomic mass is 19.4. The second kappa shape index (κ2) is 6.49. The molecule has 122 valence electrons. The Morgan fingerprint density at radius 2 is 1.71 bits per heavy atom. The molecule has 0 aliphatic heterocycles. The van der Waals surface area contributed by atoms with Gasteiger partial charge in [-0.1, -0.05) is 0 Å². The number of halogens is 3. The van der Waals surface area contributed by atoms with Crippen LogP contribution < -0.4 is 10.1 Å². The van der Waals surface area contributed by atoms with Crippen molar-refractivity contribution in [2.24, 2.45) is 0 Å². The second-order valence-corrected chi connectivity index (χ2v) is 4.58. The molecule has 1 aromatic carbocycles. The highest BCUT2D eigenvalue weighted by Crippen LogP contribution is 2.25. The monoisotopic (exact) mass is 333 g/mol. The minimum absolute atomic E-state index is 0.295. The summed E-state index contributed by atoms with van der Waals surface area (Å²) < 4.78 is 40.2. The number of alkyl halides is 3. The molecule has 0 spiro atoms. The number of anilines is 2. The van der Waals surface area contributed by atoms with Crippen molar-refractivity contribution in [2.45, 2.75) is 6.36 Å². The summed E-state index contributed by atoms with van der Waals surface area (Å²) in [4.78, 5) is 16.3. The van der Waals surface area contributed by atoms with E-state index in [1.54, 1.807) is 24.7 Å². The van der Waals surface area contributed by atoms with Gasteiger partial charge in [-0.2, -0.15) is 0 Å². The molecular weight excluding hydrogens is 323 g/mol. The molecule has 2 heterocycles. The Morgan fingerprint density at radius 1 is 0.917 bits per heavy atom. The first kappa shape index (κ1) is 15.7. The minimum Gasteiger partial charge on any atom is -0.406 e. The van der Waals surface area contributed by atoms with E-state index >= 15 is 0 Å². The molecule has 6 nitrogen and oxygen atoms in total. The molecule has 0 aliphatic carbocycles. The van der Waals surface area contributed by atoms with Gasteiger partial charge in [-0.15, -0.1) is 13.2 Å². The molecule has 2 aromatic heterocycles. The minimum atomic E-state index is -4.72. The molecule has 1 N–H and O–H groups in total. The standard InChI is InChI=1S/C15H10F3N5O/c16-15(17,18)24-11-3-1-10(2-4-11)23-14-7-12(21-9-22-14)13-8-19-5-6-20-13/h1-9H,(H,21,22,23). The van der Waals surface area contributed by atoms with Crippen LogP contribution in [0.25, 0.3) is 11.4 Å². The van der Waals surface area contributed by atoms with E-state index in [4.69, 9.17) is 0 Å². The van der Waals surface area contributed by atoms with Crippen LogP contribution in [0.2, 0.25) is 0 Å². The van der Waals surface area contributed by atoms with E-state index < -0.39 is 6.36 Å². The van der Waals surface area contributed by atoms with Crippen LogP contribution in [0.5, 0.6) is 5.75 Å². The van der Waals surface area contributed by atoms with E-state index in [0.29, 0.717) is 22.9 Å². The van der Waals surface area contributed by atoms with Crippen LogP contribution in [0.3, 0.4) is 0 Å². The fourth-order valence-electron chi connectivity index (χ4n) is 1.88. The number of nitrogens with zero attached hydrogens (tertiary/aromatic N) is 4. The molecule has 3 aromatic rings. The van der Waals surface area contributed by atoms with Crippen molar-refractivity contribution in [3.8, 4) is 17.1 Å². The lowest BCUT2D eigenvalue weighted by Crippen LogP contribution is -2.16. The van der Waals surface area contributed by atoms with Crippen LogP contribution in [-0.2, 0) is 0 Å². The summed E-state index contributed by atoms with van der Waals surface area (Å²) in [7, 11) is 0. The molecule has 9 heteroatoms. The summed E-state index contributed by atoms with van der Waals surface area (Å²) in [5.74, 6) is 0.172. The number of benzene rings is 1. The van der Waals surface area contributed by atoms with E-state index in [1.165, 1.54) is 30.6 Å². The Labute approximate surface area is 134 Å². The molecule has 0 bridgehead atoms. The Bertz CT molecular complexity index is 809. The van der Waals surface area contributed by atoms with Crippen molar-refractivity contribution in [2.75, 3.05) is 5.32 Å². The first-order valence-electron chi connectivity index (χ1n) is 6.71. The third-order valence-corrected chi connectivity index (χ3v) is 2.85. The fourth-order valence-corrected chi connectivity index (χ4v) is 1.88. The maximum Gasteiger partial charge on any atom is 0.573 e. The van der Waals surface area contributed by atoms with Gasteiger partial charge in [-0.3, -0.25) is 9.97 Å². The average Bonchev–Trinajstić information content (AvgIpc) is 2.56. The van der Waals surface area contributed by atoms with Crippen molar-refractivity contribution >= 4 is 11.5 Å². The summed E-state index contributed by atoms with van der Waals surface area (Å²) >= 11 is 0. The fraction of sp³-hybridized carbons (Fsp3) is 0.0667. The largest absolute Gasteiger partial charge is 0.573 e. The zero-order valence-corrected chi connectivity index (χ0v) is 12.0. The Morgan fingerprint density at radius 3 is 2.38 bits per heavy atom. The first-order chi connectivity index (χ1) is 11.5. The third kappa shape index (κ3) is 4.15. The molecule has 0 saturated carbocycles. The van der Waals surface area contributed by atoms with Crippen molar-refractivity contribution in [3.63, 3.8) is 0 Å². The van der Waals surface area contributed by atoms with Gasteiger partial charge in [0.25, 0.3) is 0 Å². The number of hydrogen-bond donors (Lipinski definition) is 1. The predicted octanol–water partition coefficient (Wildman–Crippen LogP) is 3.58. The molecule has 0 unspecified atom stereocenters. The SMILES string of the molecule is FC(F)(F)Oc1ccc(Nc2cc(-c3cnccn3)ncn2)cc1. The van der Waals surface area contributed by atoms with Gasteiger partial charge in [0.05, 0.1) is 11.9 Å². The number of hydrogen-bond acceptors (Lipinski definition) is 6. The van der Waals surface area contributed by atoms with Gasteiger partial charge < -0.3 is 10.1 Å². The number of rotatable bonds is 4. The van der Waals surface area contributed by atoms with Gasteiger partial charge in [-0.05, 0) is 24.3 Å². The third-order valence-electron chi connectivity index (χ3n) is 2.85. The van der Waals surface area contributed by atoms with Gasteiger partial charge in [0.1, 0.15) is 23.6 Å². The van der Waals surface area contributed by atoms with Crippen LogP contribution in [0, 0.1) is 0 Å². The Balaban J connectivity index is 1.75. The molecule has 0 fully saturated rings. The quantitative estimate of drug-likeness (QED) is 0.787. The van der Waals surface area contributed by atoms with Crippen LogP contribution in [0.1, 0.15) is 0 Å². The lowest BCUT2D eigenvalue weighted by molar-refractivity contribution is -0.274. The Hall–Kier alpha value is -3.23. The Kier molecular flexibility index (Phi) is 4.23. The number of ether oxygens (including phenoxy) is 1. The highest BCUT2D eigenvalue weighted by molar-refractivity contribution is 5.62. The van der Waals surface area contributed by atoms with Crippen LogP contribution >= 0.6 is 0 Å². The molecule has 24 heavy (non-hydrogen) atoms. The van der Waals surface area contributed by atoms with Crippen molar-refractivity contribution < 1.29 is 17.9 Å². The average molecular weight is 333 g/mol. The molecule has 0 amide bonds. The van der Waals surface area contributed by atoms with E-state index in [2.05, 4.69) is 30.0 Å². The lowest BCUT2D eigenvalue weighted by Gasteiger charge is -2.10. The van der Waals surface area contributed by atoms with Crippen molar-refractivity contribution in [3.05, 3.63) is 55.2 Å². The number of nitrogens with one attached hydrogen (secondary N) is 1. The molecule has 3 rings (SSSR count). The van der Waals surface area contributed by atoms with Gasteiger partial charge in [0, 0.05) is 24.1 Å². The van der Waals surface area contributed by atoms with Crippen molar-refractivity contribution in [1.29, 1.82) is 0 Å². The van der Waals surface area contributed by atoms with Gasteiger partial charge in [-0.25, -0.2) is 9.97 Å². The summed E-state index contributed by atoms with van der Waals surface area (Å²) in [6.07, 6.45) is 1.30. The molecule has 0 aliphatic rings. The van der Waals surface area contributed by atoms with Gasteiger partial charge in [0.2, 0.25) is 0 Å². The van der Waals surface area contributed by atoms with Gasteiger partial charge >= 0.3 is 6.36 Å². The topological polar surface area (TPSA) is 72.8 Å². The molecule has 0 atom stereocenters. The van der Waals surface area contributed by atoms with E-state index in [1.807, 2.05) is 0 Å².